The SMILES string of the molecule is CC1(C)CC(c2cccc(C(F)(F)F)c2)C2CC=C(O)C=C2N1. The van der Waals surface area contributed by atoms with Crippen molar-refractivity contribution >= 4 is 0 Å². The number of aliphatic hydroxyl groups excluding tert-OH is 1. The zero-order valence-corrected chi connectivity index (χ0v) is 13.1. The van der Waals surface area contributed by atoms with Crippen molar-refractivity contribution < 1.29 is 18.3 Å². The van der Waals surface area contributed by atoms with E-state index in [-0.39, 0.29) is 23.1 Å². The average Bonchev–Trinajstić information content (AvgIpc) is 2.44. The van der Waals surface area contributed by atoms with Gasteiger partial charge >= 0.3 is 6.18 Å². The highest BCUT2D eigenvalue weighted by atomic mass is 19.4. The lowest BCUT2D eigenvalue weighted by molar-refractivity contribution is -0.137. The average molecular weight is 323 g/mol. The fourth-order valence-electron chi connectivity index (χ4n) is 3.64. The monoisotopic (exact) mass is 323 g/mol. The quantitative estimate of drug-likeness (QED) is 0.770. The topological polar surface area (TPSA) is 32.3 Å². The third-order valence-electron chi connectivity index (χ3n) is 4.62. The van der Waals surface area contributed by atoms with Crippen LogP contribution in [0.4, 0.5) is 13.2 Å². The number of hydrogen-bond acceptors (Lipinski definition) is 2. The maximum Gasteiger partial charge on any atom is 0.416 e. The van der Waals surface area contributed by atoms with Gasteiger partial charge in [-0.1, -0.05) is 18.2 Å². The van der Waals surface area contributed by atoms with E-state index in [1.54, 1.807) is 18.2 Å². The fourth-order valence-corrected chi connectivity index (χ4v) is 3.64. The van der Waals surface area contributed by atoms with Gasteiger partial charge in [-0.2, -0.15) is 13.2 Å². The number of benzene rings is 1. The minimum Gasteiger partial charge on any atom is -0.508 e. The minimum atomic E-state index is -4.33. The van der Waals surface area contributed by atoms with Crippen molar-refractivity contribution in [3.63, 3.8) is 0 Å². The van der Waals surface area contributed by atoms with Crippen LogP contribution in [0.25, 0.3) is 0 Å². The third-order valence-corrected chi connectivity index (χ3v) is 4.62. The second-order valence-corrected chi connectivity index (χ2v) is 7.01. The van der Waals surface area contributed by atoms with E-state index in [1.165, 1.54) is 12.1 Å². The summed E-state index contributed by atoms with van der Waals surface area (Å²) < 4.78 is 39.0. The molecule has 5 heteroatoms. The molecular formula is C18H20F3NO. The Kier molecular flexibility index (Phi) is 3.69. The normalized spacial score (nSPS) is 26.7. The largest absolute Gasteiger partial charge is 0.508 e. The molecule has 0 aromatic heterocycles. The van der Waals surface area contributed by atoms with Crippen molar-refractivity contribution in [2.24, 2.45) is 5.92 Å². The highest BCUT2D eigenvalue weighted by molar-refractivity contribution is 5.36. The molecule has 1 aliphatic carbocycles. The molecule has 1 aliphatic heterocycles. The number of hydrogen-bond donors (Lipinski definition) is 2. The van der Waals surface area contributed by atoms with E-state index in [2.05, 4.69) is 5.32 Å². The van der Waals surface area contributed by atoms with E-state index >= 15 is 0 Å². The first-order valence-electron chi connectivity index (χ1n) is 7.72. The molecule has 2 unspecified atom stereocenters. The second-order valence-electron chi connectivity index (χ2n) is 7.01. The summed E-state index contributed by atoms with van der Waals surface area (Å²) in [4.78, 5) is 0. The van der Waals surface area contributed by atoms with E-state index in [0.717, 1.165) is 18.2 Å². The van der Waals surface area contributed by atoms with Gasteiger partial charge in [0.05, 0.1) is 5.56 Å². The van der Waals surface area contributed by atoms with Gasteiger partial charge in [0, 0.05) is 17.2 Å². The van der Waals surface area contributed by atoms with Crippen LogP contribution in [0.15, 0.2) is 47.9 Å². The molecule has 2 nitrogen and oxygen atoms in total. The minimum absolute atomic E-state index is 0.0100. The Morgan fingerprint density at radius 2 is 1.96 bits per heavy atom. The molecule has 23 heavy (non-hydrogen) atoms. The molecule has 0 spiro atoms. The van der Waals surface area contributed by atoms with Crippen LogP contribution in [0, 0.1) is 5.92 Å². The first-order chi connectivity index (χ1) is 10.7. The van der Waals surface area contributed by atoms with Crippen molar-refractivity contribution in [3.05, 3.63) is 59.0 Å². The van der Waals surface area contributed by atoms with Crippen LogP contribution in [-0.4, -0.2) is 10.6 Å². The van der Waals surface area contributed by atoms with Gasteiger partial charge in [-0.15, -0.1) is 0 Å². The Morgan fingerprint density at radius 1 is 1.22 bits per heavy atom. The summed E-state index contributed by atoms with van der Waals surface area (Å²) in [5.74, 6) is 0.274. The first-order valence-corrected chi connectivity index (χ1v) is 7.72. The molecular weight excluding hydrogens is 303 g/mol. The Bertz CT molecular complexity index is 673. The maximum absolute atomic E-state index is 13.0. The summed E-state index contributed by atoms with van der Waals surface area (Å²) in [7, 11) is 0. The van der Waals surface area contributed by atoms with E-state index in [1.807, 2.05) is 13.8 Å². The molecule has 0 amide bonds. The molecule has 124 valence electrons. The number of halogens is 3. The van der Waals surface area contributed by atoms with E-state index in [4.69, 9.17) is 0 Å². The van der Waals surface area contributed by atoms with Gasteiger partial charge in [-0.25, -0.2) is 0 Å². The van der Waals surface area contributed by atoms with Crippen molar-refractivity contribution in [3.8, 4) is 0 Å². The van der Waals surface area contributed by atoms with E-state index in [0.29, 0.717) is 12.0 Å². The van der Waals surface area contributed by atoms with Gasteiger partial charge in [0.15, 0.2) is 0 Å². The molecule has 2 aliphatic rings. The van der Waals surface area contributed by atoms with E-state index in [9.17, 15) is 18.3 Å². The Balaban J connectivity index is 2.00. The van der Waals surface area contributed by atoms with Gasteiger partial charge < -0.3 is 10.4 Å². The summed E-state index contributed by atoms with van der Waals surface area (Å²) in [5.41, 5.74) is 0.772. The molecule has 1 saturated heterocycles. The van der Waals surface area contributed by atoms with Gasteiger partial charge in [0.1, 0.15) is 5.76 Å². The predicted molar refractivity (Wildman–Crippen MR) is 82.9 cm³/mol. The number of piperidine rings is 1. The van der Waals surface area contributed by atoms with Gasteiger partial charge in [-0.3, -0.25) is 0 Å². The van der Waals surface area contributed by atoms with Crippen LogP contribution in [0.1, 0.15) is 43.7 Å². The lowest BCUT2D eigenvalue weighted by Crippen LogP contribution is -2.48. The van der Waals surface area contributed by atoms with Crippen LogP contribution >= 0.6 is 0 Å². The van der Waals surface area contributed by atoms with Gasteiger partial charge in [0.25, 0.3) is 0 Å². The molecule has 0 saturated carbocycles. The molecule has 0 radical (unpaired) electrons. The molecule has 3 rings (SSSR count). The Hall–Kier alpha value is -1.91. The summed E-state index contributed by atoms with van der Waals surface area (Å²) >= 11 is 0. The van der Waals surface area contributed by atoms with Crippen molar-refractivity contribution in [2.75, 3.05) is 0 Å². The summed E-state index contributed by atoms with van der Waals surface area (Å²) in [6.07, 6.45) is 0.457. The zero-order chi connectivity index (χ0) is 16.8. The number of aliphatic hydroxyl groups is 1. The molecule has 2 N–H and O–H groups in total. The Labute approximate surface area is 133 Å². The summed E-state index contributed by atoms with van der Waals surface area (Å²) in [5, 5.41) is 13.1. The molecule has 1 aromatic carbocycles. The molecule has 1 heterocycles. The number of nitrogens with one attached hydrogen (secondary N) is 1. The van der Waals surface area contributed by atoms with Crippen molar-refractivity contribution in [2.45, 2.75) is 44.3 Å². The molecule has 2 atom stereocenters. The fraction of sp³-hybridized carbons (Fsp3) is 0.444. The zero-order valence-electron chi connectivity index (χ0n) is 13.1. The van der Waals surface area contributed by atoms with Gasteiger partial charge in [-0.05, 0) is 56.4 Å². The summed E-state index contributed by atoms with van der Waals surface area (Å²) in [6, 6.07) is 5.63. The molecule has 1 fully saturated rings. The second kappa shape index (κ2) is 5.32. The highest BCUT2D eigenvalue weighted by Crippen LogP contribution is 2.45. The first kappa shape index (κ1) is 16.0. The number of allylic oxidation sites excluding steroid dienone is 3. The number of fused-ring (bicyclic) bond motifs is 1. The summed E-state index contributed by atoms with van der Waals surface area (Å²) in [6.45, 7) is 4.06. The van der Waals surface area contributed by atoms with Crippen LogP contribution in [-0.2, 0) is 6.18 Å². The van der Waals surface area contributed by atoms with Crippen molar-refractivity contribution in [1.82, 2.24) is 5.32 Å². The van der Waals surface area contributed by atoms with Crippen LogP contribution in [0.3, 0.4) is 0 Å². The lowest BCUT2D eigenvalue weighted by atomic mass is 9.70. The van der Waals surface area contributed by atoms with Crippen molar-refractivity contribution in [1.29, 1.82) is 0 Å². The van der Waals surface area contributed by atoms with Crippen LogP contribution < -0.4 is 5.32 Å². The van der Waals surface area contributed by atoms with E-state index < -0.39 is 11.7 Å². The van der Waals surface area contributed by atoms with Crippen LogP contribution in [0.5, 0.6) is 0 Å². The van der Waals surface area contributed by atoms with Crippen LogP contribution in [0.2, 0.25) is 0 Å². The lowest BCUT2D eigenvalue weighted by Gasteiger charge is -2.45. The number of rotatable bonds is 1. The highest BCUT2D eigenvalue weighted by Gasteiger charge is 2.40. The standard InChI is InChI=1S/C18H20F3NO/c1-17(2)10-15(14-7-6-13(23)9-16(14)22-17)11-4-3-5-12(8-11)18(19,20)21/h3-6,8-9,14-15,22-23H,7,10H2,1-2H3. The molecule has 0 bridgehead atoms. The third kappa shape index (κ3) is 3.23. The maximum atomic E-state index is 13.0. The van der Waals surface area contributed by atoms with Gasteiger partial charge in [0.2, 0.25) is 0 Å². The predicted octanol–water partition coefficient (Wildman–Crippen LogP) is 4.91. The molecule has 1 aromatic rings. The smallest absolute Gasteiger partial charge is 0.416 e. The number of alkyl halides is 3. The Morgan fingerprint density at radius 3 is 2.65 bits per heavy atom.